The molecule has 25 heavy (non-hydrogen) atoms. The van der Waals surface area contributed by atoms with Gasteiger partial charge in [0, 0.05) is 26.0 Å². The lowest BCUT2D eigenvalue weighted by atomic mass is 9.97. The number of hydrogen-bond donors (Lipinski definition) is 2. The summed E-state index contributed by atoms with van der Waals surface area (Å²) in [5, 5.41) is 12.5. The first-order chi connectivity index (χ1) is 11.7. The number of imidazole rings is 1. The third kappa shape index (κ3) is 4.11. The van der Waals surface area contributed by atoms with Crippen LogP contribution in [-0.2, 0) is 24.0 Å². The number of nitrogens with one attached hydrogen (secondary N) is 1. The van der Waals surface area contributed by atoms with Gasteiger partial charge >= 0.3 is 6.18 Å². The molecule has 0 aliphatic heterocycles. The summed E-state index contributed by atoms with van der Waals surface area (Å²) >= 11 is 0. The standard InChI is InChI=1S/C16H18F3N3O3/c1-22-7-6-20-14(22)15(24,16(17,18)19)9-13(23)21-10-11-4-3-5-12(8-11)25-2/h3-8,24H,9-10H2,1-2H3,(H,21,23)/t15-/m0/s1. The number of aliphatic hydroxyl groups is 1. The number of aromatic nitrogens is 2. The number of hydrogen-bond acceptors (Lipinski definition) is 4. The number of carbonyl (C=O) groups is 1. The van der Waals surface area contributed by atoms with Crippen molar-refractivity contribution in [3.05, 3.63) is 48.0 Å². The minimum absolute atomic E-state index is 0.00450. The Balaban J connectivity index is 2.11. The zero-order valence-electron chi connectivity index (χ0n) is 13.7. The molecule has 1 amide bonds. The third-order valence-electron chi connectivity index (χ3n) is 3.70. The second kappa shape index (κ2) is 7.14. The molecule has 0 aliphatic carbocycles. The van der Waals surface area contributed by atoms with Crippen LogP contribution in [0.4, 0.5) is 13.2 Å². The summed E-state index contributed by atoms with van der Waals surface area (Å²) in [4.78, 5) is 15.5. The molecule has 0 aliphatic rings. The van der Waals surface area contributed by atoms with E-state index in [1.165, 1.54) is 20.4 Å². The number of ether oxygens (including phenoxy) is 1. The molecule has 136 valence electrons. The van der Waals surface area contributed by atoms with Crippen LogP contribution in [0.15, 0.2) is 36.7 Å². The molecule has 0 saturated carbocycles. The normalized spacial score (nSPS) is 14.0. The number of halogens is 3. The van der Waals surface area contributed by atoms with Crippen molar-refractivity contribution >= 4 is 5.91 Å². The fourth-order valence-corrected chi connectivity index (χ4v) is 2.35. The average molecular weight is 357 g/mol. The van der Waals surface area contributed by atoms with Gasteiger partial charge in [-0.3, -0.25) is 4.79 Å². The first-order valence-electron chi connectivity index (χ1n) is 7.34. The van der Waals surface area contributed by atoms with Crippen molar-refractivity contribution in [1.29, 1.82) is 0 Å². The fourth-order valence-electron chi connectivity index (χ4n) is 2.35. The van der Waals surface area contributed by atoms with Gasteiger partial charge in [-0.05, 0) is 17.7 Å². The first kappa shape index (κ1) is 18.8. The predicted molar refractivity (Wildman–Crippen MR) is 82.6 cm³/mol. The minimum Gasteiger partial charge on any atom is -0.497 e. The summed E-state index contributed by atoms with van der Waals surface area (Å²) in [5.74, 6) is -1.03. The summed E-state index contributed by atoms with van der Waals surface area (Å²) in [6, 6.07) is 6.74. The Morgan fingerprint density at radius 3 is 2.68 bits per heavy atom. The van der Waals surface area contributed by atoms with Gasteiger partial charge in [0.05, 0.1) is 13.5 Å². The fraction of sp³-hybridized carbons (Fsp3) is 0.375. The molecule has 0 unspecified atom stereocenters. The molecular formula is C16H18F3N3O3. The van der Waals surface area contributed by atoms with E-state index in [9.17, 15) is 23.1 Å². The molecule has 0 radical (unpaired) electrons. The molecular weight excluding hydrogens is 339 g/mol. The molecule has 6 nitrogen and oxygen atoms in total. The van der Waals surface area contributed by atoms with Gasteiger partial charge in [0.15, 0.2) is 5.82 Å². The van der Waals surface area contributed by atoms with Crippen LogP contribution in [0, 0.1) is 0 Å². The van der Waals surface area contributed by atoms with E-state index in [0.717, 1.165) is 10.8 Å². The maximum atomic E-state index is 13.4. The molecule has 9 heteroatoms. The Bertz CT molecular complexity index is 745. The Labute approximate surface area is 142 Å². The molecule has 2 N–H and O–H groups in total. The molecule has 0 saturated heterocycles. The highest BCUT2D eigenvalue weighted by molar-refractivity contribution is 5.77. The minimum atomic E-state index is -5.06. The van der Waals surface area contributed by atoms with Crippen LogP contribution in [-0.4, -0.2) is 33.9 Å². The van der Waals surface area contributed by atoms with Gasteiger partial charge in [0.25, 0.3) is 0 Å². The van der Waals surface area contributed by atoms with Crippen molar-refractivity contribution in [1.82, 2.24) is 14.9 Å². The van der Waals surface area contributed by atoms with Gasteiger partial charge in [-0.2, -0.15) is 13.2 Å². The van der Waals surface area contributed by atoms with Crippen molar-refractivity contribution in [2.75, 3.05) is 7.11 Å². The van der Waals surface area contributed by atoms with Crippen LogP contribution in [0.1, 0.15) is 17.8 Å². The predicted octanol–water partition coefficient (Wildman–Crippen LogP) is 1.89. The smallest absolute Gasteiger partial charge is 0.425 e. The Kier molecular flexibility index (Phi) is 5.36. The highest BCUT2D eigenvalue weighted by atomic mass is 19.4. The number of amides is 1. The lowest BCUT2D eigenvalue weighted by Crippen LogP contribution is -2.47. The van der Waals surface area contributed by atoms with Crippen LogP contribution < -0.4 is 10.1 Å². The summed E-state index contributed by atoms with van der Waals surface area (Å²) < 4.78 is 46.2. The van der Waals surface area contributed by atoms with Crippen molar-refractivity contribution in [2.24, 2.45) is 7.05 Å². The molecule has 0 fully saturated rings. The second-order valence-corrected chi connectivity index (χ2v) is 5.52. The number of benzene rings is 1. The zero-order chi connectivity index (χ0) is 18.7. The topological polar surface area (TPSA) is 76.4 Å². The monoisotopic (exact) mass is 357 g/mol. The van der Waals surface area contributed by atoms with E-state index in [1.807, 2.05) is 0 Å². The van der Waals surface area contributed by atoms with Crippen molar-refractivity contribution < 1.29 is 27.8 Å². The molecule has 1 aromatic heterocycles. The number of carbonyl (C=O) groups excluding carboxylic acids is 1. The van der Waals surface area contributed by atoms with Crippen molar-refractivity contribution in [3.8, 4) is 5.75 Å². The van der Waals surface area contributed by atoms with E-state index in [-0.39, 0.29) is 6.54 Å². The highest BCUT2D eigenvalue weighted by Gasteiger charge is 2.58. The number of rotatable bonds is 6. The highest BCUT2D eigenvalue weighted by Crippen LogP contribution is 2.40. The quantitative estimate of drug-likeness (QED) is 0.828. The molecule has 1 atom stereocenters. The Morgan fingerprint density at radius 2 is 2.12 bits per heavy atom. The van der Waals surface area contributed by atoms with Crippen LogP contribution in [0.3, 0.4) is 0 Å². The third-order valence-corrected chi connectivity index (χ3v) is 3.70. The molecule has 1 aromatic carbocycles. The number of nitrogens with zero attached hydrogens (tertiary/aromatic N) is 2. The summed E-state index contributed by atoms with van der Waals surface area (Å²) in [7, 11) is 2.79. The van der Waals surface area contributed by atoms with Crippen molar-refractivity contribution in [3.63, 3.8) is 0 Å². The lowest BCUT2D eigenvalue weighted by molar-refractivity contribution is -0.271. The maximum Gasteiger partial charge on any atom is 0.425 e. The molecule has 2 rings (SSSR count). The van der Waals surface area contributed by atoms with Gasteiger partial charge in [-0.1, -0.05) is 12.1 Å². The summed E-state index contributed by atoms with van der Waals surface area (Å²) in [5.41, 5.74) is -2.72. The van der Waals surface area contributed by atoms with E-state index >= 15 is 0 Å². The number of methoxy groups -OCH3 is 1. The number of aryl methyl sites for hydroxylation is 1. The van der Waals surface area contributed by atoms with Gasteiger partial charge < -0.3 is 19.7 Å². The van der Waals surface area contributed by atoms with Gasteiger partial charge in [0.2, 0.25) is 11.5 Å². The van der Waals surface area contributed by atoms with E-state index in [2.05, 4.69) is 10.3 Å². The largest absolute Gasteiger partial charge is 0.497 e. The second-order valence-electron chi connectivity index (χ2n) is 5.52. The van der Waals surface area contributed by atoms with E-state index in [0.29, 0.717) is 11.3 Å². The van der Waals surface area contributed by atoms with E-state index < -0.39 is 29.9 Å². The number of alkyl halides is 3. The summed E-state index contributed by atoms with van der Waals surface area (Å²) in [6.07, 6.45) is -3.86. The lowest BCUT2D eigenvalue weighted by Gasteiger charge is -2.29. The molecule has 0 bridgehead atoms. The van der Waals surface area contributed by atoms with Crippen LogP contribution in [0.25, 0.3) is 0 Å². The van der Waals surface area contributed by atoms with Gasteiger partial charge in [0.1, 0.15) is 5.75 Å². The molecule has 1 heterocycles. The van der Waals surface area contributed by atoms with E-state index in [1.54, 1.807) is 24.3 Å². The van der Waals surface area contributed by atoms with Gasteiger partial charge in [-0.25, -0.2) is 4.98 Å². The summed E-state index contributed by atoms with van der Waals surface area (Å²) in [6.45, 7) is 0.00450. The Morgan fingerprint density at radius 1 is 1.40 bits per heavy atom. The molecule has 0 spiro atoms. The van der Waals surface area contributed by atoms with Crippen LogP contribution >= 0.6 is 0 Å². The van der Waals surface area contributed by atoms with Gasteiger partial charge in [-0.15, -0.1) is 0 Å². The maximum absolute atomic E-state index is 13.4. The SMILES string of the molecule is COc1cccc(CNC(=O)C[C@](O)(c2nccn2C)C(F)(F)F)c1. The van der Waals surface area contributed by atoms with Crippen LogP contribution in [0.5, 0.6) is 5.75 Å². The average Bonchev–Trinajstić information content (AvgIpc) is 2.98. The zero-order valence-corrected chi connectivity index (χ0v) is 13.7. The molecule has 2 aromatic rings. The Hall–Kier alpha value is -2.55. The van der Waals surface area contributed by atoms with E-state index in [4.69, 9.17) is 4.74 Å². The van der Waals surface area contributed by atoms with Crippen molar-refractivity contribution in [2.45, 2.75) is 24.7 Å². The van der Waals surface area contributed by atoms with Crippen LogP contribution in [0.2, 0.25) is 0 Å². The first-order valence-corrected chi connectivity index (χ1v) is 7.34.